The maximum absolute atomic E-state index is 11.2. The topological polar surface area (TPSA) is 76.0 Å². The molecule has 1 saturated carbocycles. The maximum Gasteiger partial charge on any atom is 0.305 e. The van der Waals surface area contributed by atoms with Gasteiger partial charge in [-0.05, 0) is 37.8 Å². The predicted octanol–water partition coefficient (Wildman–Crippen LogP) is 5.22. The minimum Gasteiger partial charge on any atom is -0.490 e. The molecule has 1 fully saturated rings. The zero-order valence-electron chi connectivity index (χ0n) is 19.6. The summed E-state index contributed by atoms with van der Waals surface area (Å²) in [5.74, 6) is 0.669. The number of benzene rings is 1. The van der Waals surface area contributed by atoms with Gasteiger partial charge in [-0.15, -0.1) is 0 Å². The molecule has 1 aliphatic carbocycles. The number of rotatable bonds is 14. The molecule has 0 bridgehead atoms. The normalized spacial score (nSPS) is 24.2. The third-order valence-electron chi connectivity index (χ3n) is 6.13. The van der Waals surface area contributed by atoms with Crippen LogP contribution in [0.25, 0.3) is 0 Å². The van der Waals surface area contributed by atoms with Crippen molar-refractivity contribution in [3.8, 4) is 5.75 Å². The first kappa shape index (κ1) is 26.1. The number of aliphatic hydroxyl groups excluding tert-OH is 2. The third kappa shape index (κ3) is 9.17. The van der Waals surface area contributed by atoms with Gasteiger partial charge in [0.05, 0.1) is 19.3 Å². The molecule has 0 radical (unpaired) electrons. The summed E-state index contributed by atoms with van der Waals surface area (Å²) < 4.78 is 10.9. The first-order valence-electron chi connectivity index (χ1n) is 12.0. The standard InChI is InChI=1S/C27H40O5/c1-3-4-8-13-21(28)18-19-23-24(16-11-5-6-12-17-27(30)31-2)26(20-25(23)29)32-22-14-9-7-10-15-22/h5,7,9-11,14-15,18-19,21,23-26,28-29H,3-4,6,8,12-13,16-17,20H2,1-2H3/b11-5-,19-18+/t21?,23-,24-,25-,26-/m1/s1. The van der Waals surface area contributed by atoms with Crippen LogP contribution in [-0.2, 0) is 9.53 Å². The Morgan fingerprint density at radius 1 is 1.19 bits per heavy atom. The Morgan fingerprint density at radius 3 is 2.69 bits per heavy atom. The highest BCUT2D eigenvalue weighted by Crippen LogP contribution is 2.38. The van der Waals surface area contributed by atoms with E-state index in [1.54, 1.807) is 0 Å². The molecule has 0 heterocycles. The molecule has 178 valence electrons. The Bertz CT molecular complexity index is 699. The molecule has 0 saturated heterocycles. The van der Waals surface area contributed by atoms with Crippen LogP contribution < -0.4 is 4.74 Å². The largest absolute Gasteiger partial charge is 0.490 e. The molecule has 1 aromatic rings. The molecule has 0 amide bonds. The highest BCUT2D eigenvalue weighted by atomic mass is 16.5. The molecule has 1 aromatic carbocycles. The molecule has 1 unspecified atom stereocenters. The van der Waals surface area contributed by atoms with E-state index in [9.17, 15) is 15.0 Å². The number of carbonyl (C=O) groups excluding carboxylic acids is 1. The van der Waals surface area contributed by atoms with E-state index < -0.39 is 12.2 Å². The molecule has 0 aromatic heterocycles. The van der Waals surface area contributed by atoms with Crippen molar-refractivity contribution in [2.75, 3.05) is 7.11 Å². The van der Waals surface area contributed by atoms with Crippen LogP contribution in [0.3, 0.4) is 0 Å². The first-order chi connectivity index (χ1) is 15.5. The Hall–Kier alpha value is -2.11. The van der Waals surface area contributed by atoms with Gasteiger partial charge in [0.15, 0.2) is 0 Å². The van der Waals surface area contributed by atoms with E-state index in [0.717, 1.165) is 50.7 Å². The van der Waals surface area contributed by atoms with E-state index in [4.69, 9.17) is 4.74 Å². The number of methoxy groups -OCH3 is 1. The smallest absolute Gasteiger partial charge is 0.305 e. The van der Waals surface area contributed by atoms with Crippen molar-refractivity contribution in [2.24, 2.45) is 11.8 Å². The number of carbonyl (C=O) groups is 1. The lowest BCUT2D eigenvalue weighted by molar-refractivity contribution is -0.140. The lowest BCUT2D eigenvalue weighted by atomic mass is 9.89. The molecule has 2 N–H and O–H groups in total. The molecule has 2 rings (SSSR count). The van der Waals surface area contributed by atoms with Crippen molar-refractivity contribution in [3.05, 3.63) is 54.6 Å². The van der Waals surface area contributed by atoms with Crippen molar-refractivity contribution in [3.63, 3.8) is 0 Å². The Balaban J connectivity index is 2.00. The van der Waals surface area contributed by atoms with E-state index >= 15 is 0 Å². The van der Waals surface area contributed by atoms with Gasteiger partial charge >= 0.3 is 5.97 Å². The van der Waals surface area contributed by atoms with E-state index in [0.29, 0.717) is 12.8 Å². The van der Waals surface area contributed by atoms with E-state index in [2.05, 4.69) is 23.8 Å². The molecule has 32 heavy (non-hydrogen) atoms. The van der Waals surface area contributed by atoms with Crippen molar-refractivity contribution >= 4 is 5.97 Å². The molecule has 0 spiro atoms. The lowest BCUT2D eigenvalue weighted by Crippen LogP contribution is -2.24. The fraction of sp³-hybridized carbons (Fsp3) is 0.593. The molecule has 5 atom stereocenters. The highest BCUT2D eigenvalue weighted by molar-refractivity contribution is 5.69. The monoisotopic (exact) mass is 444 g/mol. The summed E-state index contributed by atoms with van der Waals surface area (Å²) in [6.07, 6.45) is 14.3. The number of aliphatic hydroxyl groups is 2. The molecule has 5 nitrogen and oxygen atoms in total. The van der Waals surface area contributed by atoms with Gasteiger partial charge in [0, 0.05) is 24.7 Å². The van der Waals surface area contributed by atoms with Crippen LogP contribution in [0.4, 0.5) is 0 Å². The second-order valence-electron chi connectivity index (χ2n) is 8.64. The average molecular weight is 445 g/mol. The van der Waals surface area contributed by atoms with Crippen LogP contribution in [-0.4, -0.2) is 41.6 Å². The number of allylic oxidation sites excluding steroid dienone is 2. The van der Waals surface area contributed by atoms with Gasteiger partial charge in [-0.3, -0.25) is 4.79 Å². The summed E-state index contributed by atoms with van der Waals surface area (Å²) in [4.78, 5) is 11.2. The Morgan fingerprint density at radius 2 is 1.97 bits per heavy atom. The minimum absolute atomic E-state index is 0.0655. The summed E-state index contributed by atoms with van der Waals surface area (Å²) in [5.41, 5.74) is 0. The number of ether oxygens (including phenoxy) is 2. The van der Waals surface area contributed by atoms with Gasteiger partial charge < -0.3 is 19.7 Å². The van der Waals surface area contributed by atoms with Gasteiger partial charge in [-0.1, -0.05) is 68.7 Å². The molecule has 0 aliphatic heterocycles. The summed E-state index contributed by atoms with van der Waals surface area (Å²) in [7, 11) is 1.41. The first-order valence-corrected chi connectivity index (χ1v) is 12.0. The summed E-state index contributed by atoms with van der Waals surface area (Å²) in [6, 6.07) is 9.72. The van der Waals surface area contributed by atoms with Crippen molar-refractivity contribution < 1.29 is 24.5 Å². The summed E-state index contributed by atoms with van der Waals surface area (Å²) in [5, 5.41) is 21.1. The van der Waals surface area contributed by atoms with Crippen LogP contribution in [0, 0.1) is 11.8 Å². The molecular weight excluding hydrogens is 404 g/mol. The number of unbranched alkanes of at least 4 members (excludes halogenated alkanes) is 3. The van der Waals surface area contributed by atoms with Gasteiger partial charge in [-0.25, -0.2) is 0 Å². The number of esters is 1. The van der Waals surface area contributed by atoms with Crippen molar-refractivity contribution in [2.45, 2.75) is 83.0 Å². The summed E-state index contributed by atoms with van der Waals surface area (Å²) >= 11 is 0. The van der Waals surface area contributed by atoms with E-state index in [1.165, 1.54) is 7.11 Å². The van der Waals surface area contributed by atoms with Crippen molar-refractivity contribution in [1.29, 1.82) is 0 Å². The number of hydrogen-bond acceptors (Lipinski definition) is 5. The van der Waals surface area contributed by atoms with E-state index in [-0.39, 0.29) is 23.9 Å². The van der Waals surface area contributed by atoms with Crippen LogP contribution in [0.2, 0.25) is 0 Å². The van der Waals surface area contributed by atoms with Gasteiger partial charge in [0.2, 0.25) is 0 Å². The SMILES string of the molecule is CCCCCC(O)/C=C/[C@@H]1[C@@H](C/C=C\CCCC(=O)OC)[C@H](Oc2ccccc2)C[C@H]1O. The van der Waals surface area contributed by atoms with Crippen molar-refractivity contribution in [1.82, 2.24) is 0 Å². The fourth-order valence-corrected chi connectivity index (χ4v) is 4.29. The third-order valence-corrected chi connectivity index (χ3v) is 6.13. The minimum atomic E-state index is -0.500. The highest BCUT2D eigenvalue weighted by Gasteiger charge is 2.42. The van der Waals surface area contributed by atoms with Crippen LogP contribution in [0.15, 0.2) is 54.6 Å². The average Bonchev–Trinajstić information content (AvgIpc) is 3.09. The van der Waals surface area contributed by atoms with Gasteiger partial charge in [0.25, 0.3) is 0 Å². The predicted molar refractivity (Wildman–Crippen MR) is 127 cm³/mol. The fourth-order valence-electron chi connectivity index (χ4n) is 4.29. The van der Waals surface area contributed by atoms with E-state index in [1.807, 2.05) is 42.5 Å². The Kier molecular flexibility index (Phi) is 12.1. The van der Waals surface area contributed by atoms with Crippen LogP contribution >= 0.6 is 0 Å². The maximum atomic E-state index is 11.2. The molecular formula is C27H40O5. The second kappa shape index (κ2) is 14.9. The summed E-state index contributed by atoms with van der Waals surface area (Å²) in [6.45, 7) is 2.15. The number of hydrogen-bond donors (Lipinski definition) is 2. The van der Waals surface area contributed by atoms with Crippen LogP contribution in [0.1, 0.15) is 64.7 Å². The quantitative estimate of drug-likeness (QED) is 0.234. The van der Waals surface area contributed by atoms with Crippen LogP contribution in [0.5, 0.6) is 5.75 Å². The van der Waals surface area contributed by atoms with Gasteiger partial charge in [-0.2, -0.15) is 0 Å². The number of para-hydroxylation sites is 1. The lowest BCUT2D eigenvalue weighted by Gasteiger charge is -2.23. The zero-order valence-corrected chi connectivity index (χ0v) is 19.6. The second-order valence-corrected chi connectivity index (χ2v) is 8.64. The van der Waals surface area contributed by atoms with Gasteiger partial charge in [0.1, 0.15) is 11.9 Å². The molecule has 1 aliphatic rings. The molecule has 5 heteroatoms. The zero-order chi connectivity index (χ0) is 23.2. The Labute approximate surface area is 193 Å².